The van der Waals surface area contributed by atoms with Gasteiger partial charge in [0.15, 0.2) is 11.5 Å². The molecule has 0 unspecified atom stereocenters. The standard InChI is InChI=1S/C18H15ClN4O4S/c1-26-16-6-4-12(8-17(16)27-2)14-10-28-18(21-14)22-20-9-11-3-5-13(19)15(7-11)23(24)25/h3-10H,1-2H3,(H,21,22)/b20-9-. The molecule has 0 amide bonds. The Balaban J connectivity index is 1.72. The minimum Gasteiger partial charge on any atom is -0.493 e. The zero-order valence-electron chi connectivity index (χ0n) is 14.9. The van der Waals surface area contributed by atoms with E-state index in [1.54, 1.807) is 20.3 Å². The second-order valence-electron chi connectivity index (χ2n) is 5.45. The van der Waals surface area contributed by atoms with Gasteiger partial charge in [-0.05, 0) is 24.3 Å². The lowest BCUT2D eigenvalue weighted by atomic mass is 10.1. The van der Waals surface area contributed by atoms with E-state index in [4.69, 9.17) is 21.1 Å². The number of thiazole rings is 1. The van der Waals surface area contributed by atoms with E-state index in [9.17, 15) is 10.1 Å². The van der Waals surface area contributed by atoms with E-state index in [-0.39, 0.29) is 10.7 Å². The highest BCUT2D eigenvalue weighted by molar-refractivity contribution is 7.14. The number of methoxy groups -OCH3 is 2. The Morgan fingerprint density at radius 2 is 2.00 bits per heavy atom. The maximum Gasteiger partial charge on any atom is 0.288 e. The third-order valence-corrected chi connectivity index (χ3v) is 4.79. The smallest absolute Gasteiger partial charge is 0.288 e. The average molecular weight is 419 g/mol. The monoisotopic (exact) mass is 418 g/mol. The molecule has 0 bridgehead atoms. The highest BCUT2D eigenvalue weighted by Crippen LogP contribution is 2.33. The molecular weight excluding hydrogens is 404 g/mol. The van der Waals surface area contributed by atoms with Gasteiger partial charge in [0.05, 0.1) is 31.1 Å². The van der Waals surface area contributed by atoms with Gasteiger partial charge in [-0.2, -0.15) is 5.10 Å². The van der Waals surface area contributed by atoms with E-state index in [1.165, 1.54) is 29.7 Å². The van der Waals surface area contributed by atoms with E-state index < -0.39 is 4.92 Å². The molecule has 0 aliphatic carbocycles. The summed E-state index contributed by atoms with van der Waals surface area (Å²) in [5.41, 5.74) is 4.82. The normalized spacial score (nSPS) is 10.8. The highest BCUT2D eigenvalue weighted by Gasteiger charge is 2.12. The van der Waals surface area contributed by atoms with Crippen LogP contribution in [0.5, 0.6) is 11.5 Å². The minimum absolute atomic E-state index is 0.0783. The Bertz CT molecular complexity index is 1040. The van der Waals surface area contributed by atoms with Gasteiger partial charge in [-0.15, -0.1) is 11.3 Å². The summed E-state index contributed by atoms with van der Waals surface area (Å²) < 4.78 is 10.5. The van der Waals surface area contributed by atoms with Crippen LogP contribution in [0.15, 0.2) is 46.9 Å². The molecule has 0 fully saturated rings. The SMILES string of the molecule is COc1ccc(-c2csc(N/N=C\c3ccc(Cl)c([N+](=O)[O-])c3)n2)cc1OC. The fourth-order valence-electron chi connectivity index (χ4n) is 2.37. The molecule has 3 rings (SSSR count). The van der Waals surface area contributed by atoms with E-state index in [0.717, 1.165) is 11.3 Å². The van der Waals surface area contributed by atoms with Crippen LogP contribution in [-0.4, -0.2) is 30.3 Å². The van der Waals surface area contributed by atoms with Crippen LogP contribution in [0.1, 0.15) is 5.56 Å². The van der Waals surface area contributed by atoms with Crippen LogP contribution in [0.25, 0.3) is 11.3 Å². The van der Waals surface area contributed by atoms with Gasteiger partial charge >= 0.3 is 0 Å². The molecule has 0 radical (unpaired) electrons. The van der Waals surface area contributed by atoms with Crippen molar-refractivity contribution in [2.75, 3.05) is 19.6 Å². The Morgan fingerprint density at radius 3 is 2.71 bits per heavy atom. The molecule has 0 aliphatic heterocycles. The van der Waals surface area contributed by atoms with Crippen LogP contribution in [0.3, 0.4) is 0 Å². The maximum absolute atomic E-state index is 10.9. The summed E-state index contributed by atoms with van der Waals surface area (Å²) in [7, 11) is 3.15. The van der Waals surface area contributed by atoms with Crippen LogP contribution in [0.4, 0.5) is 10.8 Å². The van der Waals surface area contributed by atoms with E-state index in [1.807, 2.05) is 23.6 Å². The number of nitro benzene ring substituents is 1. The maximum atomic E-state index is 10.9. The summed E-state index contributed by atoms with van der Waals surface area (Å²) in [4.78, 5) is 14.9. The number of rotatable bonds is 7. The molecule has 1 heterocycles. The largest absolute Gasteiger partial charge is 0.493 e. The number of anilines is 1. The van der Waals surface area contributed by atoms with Crippen molar-refractivity contribution >= 4 is 40.0 Å². The van der Waals surface area contributed by atoms with Gasteiger partial charge in [0.1, 0.15) is 5.02 Å². The Kier molecular flexibility index (Phi) is 6.07. The predicted octanol–water partition coefficient (Wildman–Crippen LogP) is 4.83. The van der Waals surface area contributed by atoms with Gasteiger partial charge in [-0.25, -0.2) is 4.98 Å². The summed E-state index contributed by atoms with van der Waals surface area (Å²) in [5.74, 6) is 1.26. The molecule has 0 saturated carbocycles. The van der Waals surface area contributed by atoms with E-state index in [0.29, 0.717) is 22.2 Å². The van der Waals surface area contributed by atoms with Crippen molar-refractivity contribution < 1.29 is 14.4 Å². The molecule has 28 heavy (non-hydrogen) atoms. The second kappa shape index (κ2) is 8.68. The highest BCUT2D eigenvalue weighted by atomic mass is 35.5. The van der Waals surface area contributed by atoms with Crippen LogP contribution >= 0.6 is 22.9 Å². The number of hydrogen-bond acceptors (Lipinski definition) is 8. The summed E-state index contributed by atoms with van der Waals surface area (Å²) in [6.45, 7) is 0. The first-order valence-corrected chi connectivity index (χ1v) is 9.18. The Hall–Kier alpha value is -3.17. The van der Waals surface area contributed by atoms with Crippen molar-refractivity contribution in [2.24, 2.45) is 5.10 Å². The van der Waals surface area contributed by atoms with Gasteiger partial charge in [-0.1, -0.05) is 17.7 Å². The van der Waals surface area contributed by atoms with Crippen molar-refractivity contribution in [3.8, 4) is 22.8 Å². The molecule has 0 spiro atoms. The first-order chi connectivity index (χ1) is 13.5. The first-order valence-electron chi connectivity index (χ1n) is 7.92. The zero-order chi connectivity index (χ0) is 20.1. The summed E-state index contributed by atoms with van der Waals surface area (Å²) in [5, 5.41) is 17.5. The van der Waals surface area contributed by atoms with Gasteiger partial charge in [-0.3, -0.25) is 15.5 Å². The summed E-state index contributed by atoms with van der Waals surface area (Å²) >= 11 is 7.17. The lowest BCUT2D eigenvalue weighted by Gasteiger charge is -2.08. The molecule has 8 nitrogen and oxygen atoms in total. The number of nitro groups is 1. The Labute approximate surface area is 169 Å². The molecule has 1 N–H and O–H groups in total. The number of benzene rings is 2. The quantitative estimate of drug-likeness (QED) is 0.335. The summed E-state index contributed by atoms with van der Waals surface area (Å²) in [6.07, 6.45) is 1.46. The molecule has 0 saturated heterocycles. The lowest BCUT2D eigenvalue weighted by molar-refractivity contribution is -0.384. The first kappa shape index (κ1) is 19.6. The molecular formula is C18H15ClN4O4S. The van der Waals surface area contributed by atoms with Crippen molar-refractivity contribution in [1.29, 1.82) is 0 Å². The fourth-order valence-corrected chi connectivity index (χ4v) is 3.22. The number of ether oxygens (including phenoxy) is 2. The fraction of sp³-hybridized carbons (Fsp3) is 0.111. The molecule has 3 aromatic rings. The molecule has 0 aliphatic rings. The van der Waals surface area contributed by atoms with Crippen molar-refractivity contribution in [3.05, 3.63) is 62.5 Å². The second-order valence-corrected chi connectivity index (χ2v) is 6.71. The molecule has 144 valence electrons. The number of hydrazone groups is 1. The number of halogens is 1. The van der Waals surface area contributed by atoms with Gasteiger partial charge in [0.25, 0.3) is 5.69 Å². The molecule has 10 heteroatoms. The topological polar surface area (TPSA) is 98.9 Å². The summed E-state index contributed by atoms with van der Waals surface area (Å²) in [6, 6.07) is 9.98. The Morgan fingerprint density at radius 1 is 1.21 bits per heavy atom. The van der Waals surface area contributed by atoms with Crippen LogP contribution in [0.2, 0.25) is 5.02 Å². The lowest BCUT2D eigenvalue weighted by Crippen LogP contribution is -1.93. The van der Waals surface area contributed by atoms with Crippen molar-refractivity contribution in [2.45, 2.75) is 0 Å². The number of hydrogen-bond donors (Lipinski definition) is 1. The zero-order valence-corrected chi connectivity index (χ0v) is 16.5. The minimum atomic E-state index is -0.538. The van der Waals surface area contributed by atoms with E-state index >= 15 is 0 Å². The number of nitrogens with one attached hydrogen (secondary N) is 1. The van der Waals surface area contributed by atoms with Crippen molar-refractivity contribution in [3.63, 3.8) is 0 Å². The molecule has 0 atom stereocenters. The van der Waals surface area contributed by atoms with E-state index in [2.05, 4.69) is 15.5 Å². The molecule has 2 aromatic carbocycles. The average Bonchev–Trinajstić information content (AvgIpc) is 3.17. The third-order valence-electron chi connectivity index (χ3n) is 3.72. The van der Waals surface area contributed by atoms with Gasteiger partial charge in [0, 0.05) is 22.6 Å². The van der Waals surface area contributed by atoms with Crippen molar-refractivity contribution in [1.82, 2.24) is 4.98 Å². The van der Waals surface area contributed by atoms with Gasteiger partial charge in [0.2, 0.25) is 5.13 Å². The third kappa shape index (κ3) is 4.38. The van der Waals surface area contributed by atoms with Gasteiger partial charge < -0.3 is 9.47 Å². The predicted molar refractivity (Wildman–Crippen MR) is 110 cm³/mol. The number of aromatic nitrogens is 1. The number of nitrogens with zero attached hydrogens (tertiary/aromatic N) is 3. The van der Waals surface area contributed by atoms with Crippen LogP contribution in [0, 0.1) is 10.1 Å². The molecule has 1 aromatic heterocycles. The van der Waals surface area contributed by atoms with Crippen LogP contribution < -0.4 is 14.9 Å². The van der Waals surface area contributed by atoms with Crippen LogP contribution in [-0.2, 0) is 0 Å².